The highest BCUT2D eigenvalue weighted by Crippen LogP contribution is 2.16. The van der Waals surface area contributed by atoms with E-state index >= 15 is 0 Å². The van der Waals surface area contributed by atoms with E-state index in [9.17, 15) is 4.79 Å². The van der Waals surface area contributed by atoms with E-state index in [2.05, 4.69) is 20.7 Å². The zero-order chi connectivity index (χ0) is 13.0. The van der Waals surface area contributed by atoms with Gasteiger partial charge in [0.2, 0.25) is 0 Å². The van der Waals surface area contributed by atoms with E-state index < -0.39 is 0 Å². The average Bonchev–Trinajstić information content (AvgIpc) is 2.85. The van der Waals surface area contributed by atoms with Crippen molar-refractivity contribution < 1.29 is 4.79 Å². The first-order chi connectivity index (χ1) is 8.66. The molecule has 0 fully saturated rings. The molecule has 0 saturated heterocycles. The number of hydrogen-bond acceptors (Lipinski definition) is 3. The number of carbonyl (C=O) groups is 1. The number of nitrogens with one attached hydrogen (secondary N) is 2. The highest BCUT2D eigenvalue weighted by atomic mass is 35.5. The van der Waals surface area contributed by atoms with Crippen molar-refractivity contribution in [3.63, 3.8) is 0 Å². The molecule has 1 aromatic heterocycles. The van der Waals surface area contributed by atoms with Crippen LogP contribution in [0.15, 0.2) is 30.5 Å². The maximum Gasteiger partial charge on any atom is 0.273 e. The number of halogens is 1. The summed E-state index contributed by atoms with van der Waals surface area (Å²) in [5.74, 6) is -0.247. The number of benzene rings is 1. The molecule has 1 amide bonds. The first kappa shape index (κ1) is 12.6. The molecule has 0 aliphatic heterocycles. The first-order valence-electron chi connectivity index (χ1n) is 5.57. The summed E-state index contributed by atoms with van der Waals surface area (Å²) in [6.07, 6.45) is 2.06. The normalized spacial score (nSPS) is 12.1. The summed E-state index contributed by atoms with van der Waals surface area (Å²) in [6.45, 7) is 1.92. The molecule has 1 heterocycles. The van der Waals surface area contributed by atoms with E-state index in [1.165, 1.54) is 6.20 Å². The van der Waals surface area contributed by atoms with Crippen LogP contribution in [0.1, 0.15) is 23.0 Å². The van der Waals surface area contributed by atoms with Crippen LogP contribution in [0.3, 0.4) is 0 Å². The van der Waals surface area contributed by atoms with Gasteiger partial charge in [-0.05, 0) is 25.0 Å². The lowest BCUT2D eigenvalue weighted by Gasteiger charge is -2.13. The molecular formula is C12H13ClN4O. The van der Waals surface area contributed by atoms with Crippen LogP contribution in [-0.2, 0) is 6.42 Å². The van der Waals surface area contributed by atoms with Crippen molar-refractivity contribution >= 4 is 17.5 Å². The SMILES string of the molecule is C[C@@H](Cc1ccccc1Cl)NC(=O)c1cn[nH]n1. The molecule has 18 heavy (non-hydrogen) atoms. The number of aromatic amines is 1. The van der Waals surface area contributed by atoms with Crippen LogP contribution in [0.25, 0.3) is 0 Å². The molecule has 0 unspecified atom stereocenters. The van der Waals surface area contributed by atoms with E-state index in [1.54, 1.807) is 0 Å². The van der Waals surface area contributed by atoms with Crippen LogP contribution in [0.2, 0.25) is 5.02 Å². The van der Waals surface area contributed by atoms with Crippen LogP contribution in [0, 0.1) is 0 Å². The van der Waals surface area contributed by atoms with Gasteiger partial charge in [0.1, 0.15) is 0 Å². The summed E-state index contributed by atoms with van der Waals surface area (Å²) in [6, 6.07) is 7.55. The fourth-order valence-corrected chi connectivity index (χ4v) is 1.87. The molecule has 0 bridgehead atoms. The summed E-state index contributed by atoms with van der Waals surface area (Å²) in [4.78, 5) is 11.7. The predicted octanol–water partition coefficient (Wildman–Crippen LogP) is 1.82. The van der Waals surface area contributed by atoms with Crippen molar-refractivity contribution in [1.29, 1.82) is 0 Å². The molecule has 0 radical (unpaired) electrons. The zero-order valence-corrected chi connectivity index (χ0v) is 10.6. The van der Waals surface area contributed by atoms with E-state index in [1.807, 2.05) is 31.2 Å². The Balaban J connectivity index is 1.95. The molecule has 0 spiro atoms. The molecule has 1 atom stereocenters. The molecule has 94 valence electrons. The first-order valence-corrected chi connectivity index (χ1v) is 5.94. The summed E-state index contributed by atoms with van der Waals surface area (Å²) in [7, 11) is 0. The highest BCUT2D eigenvalue weighted by molar-refractivity contribution is 6.31. The second-order valence-corrected chi connectivity index (χ2v) is 4.43. The number of H-pyrrole nitrogens is 1. The van der Waals surface area contributed by atoms with Crippen molar-refractivity contribution in [2.75, 3.05) is 0 Å². The van der Waals surface area contributed by atoms with Crippen LogP contribution >= 0.6 is 11.6 Å². The van der Waals surface area contributed by atoms with E-state index in [0.717, 1.165) is 5.56 Å². The van der Waals surface area contributed by atoms with Gasteiger partial charge in [-0.2, -0.15) is 15.4 Å². The Kier molecular flexibility index (Phi) is 3.94. The lowest BCUT2D eigenvalue weighted by Crippen LogP contribution is -2.34. The van der Waals surface area contributed by atoms with Crippen LogP contribution in [0.4, 0.5) is 0 Å². The van der Waals surface area contributed by atoms with Gasteiger partial charge in [0, 0.05) is 11.1 Å². The maximum absolute atomic E-state index is 11.7. The van der Waals surface area contributed by atoms with Crippen LogP contribution in [0.5, 0.6) is 0 Å². The largest absolute Gasteiger partial charge is 0.348 e. The third-order valence-corrected chi connectivity index (χ3v) is 2.88. The molecule has 0 aliphatic carbocycles. The standard InChI is InChI=1S/C12H13ClN4O/c1-8(6-9-4-2-3-5-10(9)13)15-12(18)11-7-14-17-16-11/h2-5,7-8H,6H2,1H3,(H,15,18)(H,14,16,17)/t8-/m0/s1. The van der Waals surface area contributed by atoms with Gasteiger partial charge in [0.05, 0.1) is 6.20 Å². The van der Waals surface area contributed by atoms with E-state index in [0.29, 0.717) is 11.4 Å². The second kappa shape index (κ2) is 5.64. The fourth-order valence-electron chi connectivity index (χ4n) is 1.65. The number of amides is 1. The minimum Gasteiger partial charge on any atom is -0.348 e. The van der Waals surface area contributed by atoms with Crippen molar-refractivity contribution in [3.8, 4) is 0 Å². The minimum absolute atomic E-state index is 0.0332. The lowest BCUT2D eigenvalue weighted by molar-refractivity contribution is 0.0935. The molecular weight excluding hydrogens is 252 g/mol. The van der Waals surface area contributed by atoms with Crippen molar-refractivity contribution in [2.24, 2.45) is 0 Å². The number of nitrogens with zero attached hydrogens (tertiary/aromatic N) is 2. The predicted molar refractivity (Wildman–Crippen MR) is 68.5 cm³/mol. The van der Waals surface area contributed by atoms with Gasteiger partial charge in [-0.15, -0.1) is 0 Å². The molecule has 2 aromatic rings. The van der Waals surface area contributed by atoms with Gasteiger partial charge < -0.3 is 5.32 Å². The average molecular weight is 265 g/mol. The van der Waals surface area contributed by atoms with Gasteiger partial charge in [-0.25, -0.2) is 0 Å². The molecule has 0 aliphatic rings. The van der Waals surface area contributed by atoms with Gasteiger partial charge in [-0.1, -0.05) is 29.8 Å². The number of hydrogen-bond donors (Lipinski definition) is 2. The third-order valence-electron chi connectivity index (χ3n) is 2.51. The Hall–Kier alpha value is -1.88. The van der Waals surface area contributed by atoms with Gasteiger partial charge in [-0.3, -0.25) is 4.79 Å². The Morgan fingerprint density at radius 2 is 2.28 bits per heavy atom. The zero-order valence-electron chi connectivity index (χ0n) is 9.85. The fraction of sp³-hybridized carbons (Fsp3) is 0.250. The monoisotopic (exact) mass is 264 g/mol. The molecule has 2 rings (SSSR count). The van der Waals surface area contributed by atoms with Crippen LogP contribution in [-0.4, -0.2) is 27.4 Å². The Labute approximate surface area is 110 Å². The second-order valence-electron chi connectivity index (χ2n) is 4.03. The third kappa shape index (κ3) is 3.07. The molecule has 6 heteroatoms. The number of aromatic nitrogens is 3. The van der Waals surface area contributed by atoms with Gasteiger partial charge in [0.25, 0.3) is 5.91 Å². The number of carbonyl (C=O) groups excluding carboxylic acids is 1. The Morgan fingerprint density at radius 3 is 2.94 bits per heavy atom. The molecule has 5 nitrogen and oxygen atoms in total. The van der Waals surface area contributed by atoms with Crippen molar-refractivity contribution in [3.05, 3.63) is 46.7 Å². The molecule has 1 aromatic carbocycles. The summed E-state index contributed by atoms with van der Waals surface area (Å²) in [5, 5.41) is 13.3. The van der Waals surface area contributed by atoms with Gasteiger partial charge in [0.15, 0.2) is 5.69 Å². The quantitative estimate of drug-likeness (QED) is 0.885. The smallest absolute Gasteiger partial charge is 0.273 e. The van der Waals surface area contributed by atoms with E-state index in [4.69, 9.17) is 11.6 Å². The minimum atomic E-state index is -0.247. The van der Waals surface area contributed by atoms with Crippen LogP contribution < -0.4 is 5.32 Å². The van der Waals surface area contributed by atoms with Crippen molar-refractivity contribution in [1.82, 2.24) is 20.7 Å². The summed E-state index contributed by atoms with van der Waals surface area (Å²) < 4.78 is 0. The Morgan fingerprint density at radius 1 is 1.50 bits per heavy atom. The molecule has 0 saturated carbocycles. The van der Waals surface area contributed by atoms with E-state index in [-0.39, 0.29) is 17.6 Å². The molecule has 2 N–H and O–H groups in total. The summed E-state index contributed by atoms with van der Waals surface area (Å²) in [5.41, 5.74) is 1.29. The topological polar surface area (TPSA) is 70.7 Å². The van der Waals surface area contributed by atoms with Crippen molar-refractivity contribution in [2.45, 2.75) is 19.4 Å². The maximum atomic E-state index is 11.7. The Bertz CT molecular complexity index is 527. The number of rotatable bonds is 4. The highest BCUT2D eigenvalue weighted by Gasteiger charge is 2.13. The van der Waals surface area contributed by atoms with Gasteiger partial charge >= 0.3 is 0 Å². The summed E-state index contributed by atoms with van der Waals surface area (Å²) >= 11 is 6.06. The lowest BCUT2D eigenvalue weighted by atomic mass is 10.1.